The molecule has 0 fully saturated rings. The standard InChI is InChI=1S/C19H14ClN3O2/c1-12-17(18(22-25-12)15-5-3-4-6-16(15)20)19(24)23(2)14-9-7-13(11-21)8-10-14/h3-10H,1-2H3. The fourth-order valence-corrected chi connectivity index (χ4v) is 2.73. The molecule has 124 valence electrons. The molecule has 0 radical (unpaired) electrons. The first kappa shape index (κ1) is 16.7. The molecule has 5 nitrogen and oxygen atoms in total. The molecule has 0 atom stereocenters. The summed E-state index contributed by atoms with van der Waals surface area (Å²) in [5, 5.41) is 13.4. The first-order valence-corrected chi connectivity index (χ1v) is 7.90. The van der Waals surface area contributed by atoms with E-state index in [0.29, 0.717) is 38.9 Å². The average molecular weight is 352 g/mol. The van der Waals surface area contributed by atoms with E-state index < -0.39 is 0 Å². The van der Waals surface area contributed by atoms with E-state index in [2.05, 4.69) is 11.2 Å². The van der Waals surface area contributed by atoms with E-state index in [1.807, 2.05) is 12.1 Å². The molecule has 0 saturated carbocycles. The highest BCUT2D eigenvalue weighted by molar-refractivity contribution is 6.33. The van der Waals surface area contributed by atoms with Gasteiger partial charge in [0.05, 0.1) is 16.7 Å². The Kier molecular flexibility index (Phi) is 4.55. The molecule has 0 saturated heterocycles. The van der Waals surface area contributed by atoms with E-state index in [1.54, 1.807) is 50.4 Å². The summed E-state index contributed by atoms with van der Waals surface area (Å²) in [4.78, 5) is 14.5. The van der Waals surface area contributed by atoms with E-state index in [9.17, 15) is 4.79 Å². The maximum atomic E-state index is 13.0. The smallest absolute Gasteiger partial charge is 0.263 e. The molecule has 0 unspecified atom stereocenters. The average Bonchev–Trinajstić information content (AvgIpc) is 3.02. The Morgan fingerprint density at radius 1 is 1.20 bits per heavy atom. The number of halogens is 1. The number of amides is 1. The van der Waals surface area contributed by atoms with Crippen molar-refractivity contribution in [2.75, 3.05) is 11.9 Å². The molecule has 0 N–H and O–H groups in total. The molecule has 0 aliphatic rings. The van der Waals surface area contributed by atoms with Gasteiger partial charge in [0, 0.05) is 18.3 Å². The van der Waals surface area contributed by atoms with Crippen molar-refractivity contribution in [1.29, 1.82) is 5.26 Å². The van der Waals surface area contributed by atoms with Gasteiger partial charge in [-0.15, -0.1) is 0 Å². The Bertz CT molecular complexity index is 971. The number of nitrogens with zero attached hydrogens (tertiary/aromatic N) is 3. The summed E-state index contributed by atoms with van der Waals surface area (Å²) in [7, 11) is 1.66. The quantitative estimate of drug-likeness (QED) is 0.698. The van der Waals surface area contributed by atoms with Crippen molar-refractivity contribution < 1.29 is 9.32 Å². The third kappa shape index (κ3) is 3.12. The van der Waals surface area contributed by atoms with Crippen LogP contribution in [0, 0.1) is 18.3 Å². The summed E-state index contributed by atoms with van der Waals surface area (Å²) < 4.78 is 5.25. The van der Waals surface area contributed by atoms with Crippen LogP contribution in [0.25, 0.3) is 11.3 Å². The van der Waals surface area contributed by atoms with Gasteiger partial charge in [-0.25, -0.2) is 0 Å². The van der Waals surface area contributed by atoms with Crippen LogP contribution in [-0.4, -0.2) is 18.1 Å². The first-order valence-electron chi connectivity index (χ1n) is 7.52. The van der Waals surface area contributed by atoms with Gasteiger partial charge in [-0.3, -0.25) is 4.79 Å². The lowest BCUT2D eigenvalue weighted by Gasteiger charge is -2.17. The van der Waals surface area contributed by atoms with Crippen molar-refractivity contribution in [3.05, 3.63) is 70.4 Å². The molecule has 0 aliphatic carbocycles. The monoisotopic (exact) mass is 351 g/mol. The minimum atomic E-state index is -0.265. The number of hydrogen-bond acceptors (Lipinski definition) is 4. The van der Waals surface area contributed by atoms with E-state index in [0.717, 1.165) is 0 Å². The summed E-state index contributed by atoms with van der Waals surface area (Å²) in [6.45, 7) is 1.69. The van der Waals surface area contributed by atoms with Crippen LogP contribution in [0.15, 0.2) is 53.1 Å². The van der Waals surface area contributed by atoms with Gasteiger partial charge in [0.25, 0.3) is 5.91 Å². The maximum Gasteiger partial charge on any atom is 0.263 e. The van der Waals surface area contributed by atoms with Gasteiger partial charge in [0.2, 0.25) is 0 Å². The minimum Gasteiger partial charge on any atom is -0.360 e. The zero-order chi connectivity index (χ0) is 18.0. The molecule has 1 heterocycles. The molecule has 3 rings (SSSR count). The third-order valence-corrected chi connectivity index (χ3v) is 4.22. The zero-order valence-corrected chi connectivity index (χ0v) is 14.4. The lowest BCUT2D eigenvalue weighted by atomic mass is 10.0. The summed E-state index contributed by atoms with van der Waals surface area (Å²) in [5.74, 6) is 0.152. The van der Waals surface area contributed by atoms with Gasteiger partial charge in [-0.2, -0.15) is 5.26 Å². The number of rotatable bonds is 3. The number of aromatic nitrogens is 1. The van der Waals surface area contributed by atoms with Gasteiger partial charge in [0.15, 0.2) is 0 Å². The van der Waals surface area contributed by atoms with Crippen molar-refractivity contribution >= 4 is 23.2 Å². The second kappa shape index (κ2) is 6.80. The molecular weight excluding hydrogens is 338 g/mol. The Morgan fingerprint density at radius 2 is 1.88 bits per heavy atom. The van der Waals surface area contributed by atoms with Crippen molar-refractivity contribution in [3.8, 4) is 17.3 Å². The largest absolute Gasteiger partial charge is 0.360 e. The minimum absolute atomic E-state index is 0.265. The molecule has 1 amide bonds. The summed E-state index contributed by atoms with van der Waals surface area (Å²) in [5.41, 5.74) is 2.60. The van der Waals surface area contributed by atoms with Crippen molar-refractivity contribution in [1.82, 2.24) is 5.16 Å². The first-order chi connectivity index (χ1) is 12.0. The fraction of sp³-hybridized carbons (Fsp3) is 0.105. The number of carbonyl (C=O) groups excluding carboxylic acids is 1. The van der Waals surface area contributed by atoms with Gasteiger partial charge in [0.1, 0.15) is 17.0 Å². The highest BCUT2D eigenvalue weighted by atomic mass is 35.5. The van der Waals surface area contributed by atoms with Crippen LogP contribution in [0.2, 0.25) is 5.02 Å². The summed E-state index contributed by atoms with van der Waals surface area (Å²) in [6.07, 6.45) is 0. The molecule has 0 spiro atoms. The number of aryl methyl sites for hydroxylation is 1. The maximum absolute atomic E-state index is 13.0. The Balaban J connectivity index is 2.01. The predicted octanol–water partition coefficient (Wildman–Crippen LogP) is 4.45. The highest BCUT2D eigenvalue weighted by Gasteiger charge is 2.26. The molecule has 6 heteroatoms. The molecule has 25 heavy (non-hydrogen) atoms. The van der Waals surface area contributed by atoms with Crippen LogP contribution < -0.4 is 4.90 Å². The topological polar surface area (TPSA) is 70.1 Å². The second-order valence-corrected chi connectivity index (χ2v) is 5.87. The number of anilines is 1. The Labute approximate surface area is 150 Å². The van der Waals surface area contributed by atoms with Crippen LogP contribution in [0.4, 0.5) is 5.69 Å². The Morgan fingerprint density at radius 3 is 2.52 bits per heavy atom. The van der Waals surface area contributed by atoms with Crippen molar-refractivity contribution in [2.45, 2.75) is 6.92 Å². The van der Waals surface area contributed by atoms with Gasteiger partial charge in [-0.05, 0) is 37.3 Å². The van der Waals surface area contributed by atoms with E-state index >= 15 is 0 Å². The van der Waals surface area contributed by atoms with E-state index in [4.69, 9.17) is 21.4 Å². The van der Waals surface area contributed by atoms with Crippen molar-refractivity contribution in [2.24, 2.45) is 0 Å². The lowest BCUT2D eigenvalue weighted by molar-refractivity contribution is 0.0992. The third-order valence-electron chi connectivity index (χ3n) is 3.89. The lowest BCUT2D eigenvalue weighted by Crippen LogP contribution is -2.27. The molecule has 2 aromatic carbocycles. The van der Waals surface area contributed by atoms with Gasteiger partial charge >= 0.3 is 0 Å². The number of nitriles is 1. The summed E-state index contributed by atoms with van der Waals surface area (Å²) >= 11 is 6.24. The van der Waals surface area contributed by atoms with E-state index in [1.165, 1.54) is 4.90 Å². The highest BCUT2D eigenvalue weighted by Crippen LogP contribution is 2.32. The number of hydrogen-bond donors (Lipinski definition) is 0. The molecule has 0 bridgehead atoms. The van der Waals surface area contributed by atoms with Crippen LogP contribution >= 0.6 is 11.6 Å². The van der Waals surface area contributed by atoms with Crippen LogP contribution in [0.3, 0.4) is 0 Å². The Hall–Kier alpha value is -3.10. The second-order valence-electron chi connectivity index (χ2n) is 5.47. The molecule has 3 aromatic rings. The SMILES string of the molecule is Cc1onc(-c2ccccc2Cl)c1C(=O)N(C)c1ccc(C#N)cc1. The van der Waals surface area contributed by atoms with Crippen LogP contribution in [0.5, 0.6) is 0 Å². The van der Waals surface area contributed by atoms with E-state index in [-0.39, 0.29) is 5.91 Å². The number of benzene rings is 2. The van der Waals surface area contributed by atoms with Crippen LogP contribution in [-0.2, 0) is 0 Å². The predicted molar refractivity (Wildman–Crippen MR) is 95.6 cm³/mol. The van der Waals surface area contributed by atoms with Crippen molar-refractivity contribution in [3.63, 3.8) is 0 Å². The van der Waals surface area contributed by atoms with Crippen LogP contribution in [0.1, 0.15) is 21.7 Å². The van der Waals surface area contributed by atoms with Gasteiger partial charge in [-0.1, -0.05) is 35.0 Å². The normalized spacial score (nSPS) is 10.3. The number of carbonyl (C=O) groups is 1. The zero-order valence-electron chi connectivity index (χ0n) is 13.7. The summed E-state index contributed by atoms with van der Waals surface area (Å²) in [6, 6.07) is 16.0. The van der Waals surface area contributed by atoms with Gasteiger partial charge < -0.3 is 9.42 Å². The fourth-order valence-electron chi connectivity index (χ4n) is 2.51. The molecule has 1 aromatic heterocycles. The molecule has 0 aliphatic heterocycles. The molecular formula is C19H14ClN3O2.